The first-order valence-corrected chi connectivity index (χ1v) is 7.20. The number of aromatic amines is 2. The Morgan fingerprint density at radius 3 is 2.65 bits per heavy atom. The van der Waals surface area contributed by atoms with Crippen molar-refractivity contribution in [3.05, 3.63) is 48.0 Å². The molecule has 0 saturated carbocycles. The molecule has 6 nitrogen and oxygen atoms in total. The van der Waals surface area contributed by atoms with Gasteiger partial charge < -0.3 is 4.98 Å². The maximum absolute atomic E-state index is 11.8. The Labute approximate surface area is 129 Å². The molecule has 0 amide bonds. The molecule has 2 aromatic heterocycles. The summed E-state index contributed by atoms with van der Waals surface area (Å²) in [6, 6.07) is 5.61. The van der Waals surface area contributed by atoms with Crippen molar-refractivity contribution in [2.45, 2.75) is 0 Å². The van der Waals surface area contributed by atoms with Crippen molar-refractivity contribution in [3.63, 3.8) is 0 Å². The predicted octanol–water partition coefficient (Wildman–Crippen LogP) is 2.14. The molecule has 0 bridgehead atoms. The third-order valence-electron chi connectivity index (χ3n) is 2.94. The number of aromatic nitrogens is 4. The van der Waals surface area contributed by atoms with Crippen LogP contribution in [0.5, 0.6) is 0 Å². The van der Waals surface area contributed by atoms with Gasteiger partial charge in [-0.2, -0.15) is 0 Å². The highest BCUT2D eigenvalue weighted by atomic mass is 79.9. The van der Waals surface area contributed by atoms with Gasteiger partial charge in [0.25, 0.3) is 5.56 Å². The molecular formula is C12H8Br2N4O2. The Morgan fingerprint density at radius 2 is 1.95 bits per heavy atom. The Balaban J connectivity index is 2.34. The van der Waals surface area contributed by atoms with Crippen LogP contribution in [0.15, 0.2) is 36.7 Å². The third kappa shape index (κ3) is 2.04. The summed E-state index contributed by atoms with van der Waals surface area (Å²) in [4.78, 5) is 32.8. The van der Waals surface area contributed by atoms with E-state index in [1.807, 2.05) is 18.2 Å². The number of H-pyrrole nitrogens is 2. The molecule has 0 radical (unpaired) electrons. The van der Waals surface area contributed by atoms with Gasteiger partial charge in [-0.05, 0) is 34.1 Å². The standard InChI is InChI=1S/C12H8Br2N4O2/c1-18-10-8(11(19)17-12(18)20)15-9(16-10)6-3-2-5(13)4-7(6)14/h2-4H,1H3,(H,15,16)(H,17,19,20). The lowest BCUT2D eigenvalue weighted by Crippen LogP contribution is -2.28. The second-order valence-electron chi connectivity index (χ2n) is 4.23. The van der Waals surface area contributed by atoms with Gasteiger partial charge in [0.1, 0.15) is 11.3 Å². The number of imidazole rings is 1. The van der Waals surface area contributed by atoms with Gasteiger partial charge >= 0.3 is 5.69 Å². The van der Waals surface area contributed by atoms with E-state index in [1.165, 1.54) is 4.57 Å². The van der Waals surface area contributed by atoms with E-state index in [-0.39, 0.29) is 5.52 Å². The molecular weight excluding hydrogens is 392 g/mol. The molecule has 0 aliphatic carbocycles. The van der Waals surface area contributed by atoms with Crippen molar-refractivity contribution in [1.29, 1.82) is 0 Å². The zero-order valence-corrected chi connectivity index (χ0v) is 13.4. The highest BCUT2D eigenvalue weighted by molar-refractivity contribution is 9.11. The molecule has 0 saturated heterocycles. The van der Waals surface area contributed by atoms with Crippen molar-refractivity contribution >= 4 is 43.0 Å². The van der Waals surface area contributed by atoms with Crippen LogP contribution in [0.1, 0.15) is 0 Å². The van der Waals surface area contributed by atoms with Gasteiger partial charge in [-0.25, -0.2) is 9.78 Å². The summed E-state index contributed by atoms with van der Waals surface area (Å²) in [6.45, 7) is 0. The van der Waals surface area contributed by atoms with Crippen LogP contribution in [-0.4, -0.2) is 19.5 Å². The maximum atomic E-state index is 11.8. The van der Waals surface area contributed by atoms with Gasteiger partial charge in [-0.15, -0.1) is 0 Å². The van der Waals surface area contributed by atoms with Gasteiger partial charge in [0.2, 0.25) is 0 Å². The van der Waals surface area contributed by atoms with E-state index in [1.54, 1.807) is 7.05 Å². The molecule has 0 atom stereocenters. The number of benzene rings is 1. The van der Waals surface area contributed by atoms with Gasteiger partial charge in [0.15, 0.2) is 5.65 Å². The van der Waals surface area contributed by atoms with Gasteiger partial charge in [-0.3, -0.25) is 14.3 Å². The average Bonchev–Trinajstić information content (AvgIpc) is 2.81. The van der Waals surface area contributed by atoms with Crippen molar-refractivity contribution in [1.82, 2.24) is 19.5 Å². The van der Waals surface area contributed by atoms with E-state index >= 15 is 0 Å². The van der Waals surface area contributed by atoms with Crippen LogP contribution >= 0.6 is 31.9 Å². The molecule has 0 unspecified atom stereocenters. The van der Waals surface area contributed by atoms with Crippen LogP contribution in [0, 0.1) is 0 Å². The first kappa shape index (κ1) is 13.3. The fourth-order valence-electron chi connectivity index (χ4n) is 1.91. The summed E-state index contributed by atoms with van der Waals surface area (Å²) >= 11 is 6.82. The largest absolute Gasteiger partial charge is 0.332 e. The number of hydrogen-bond donors (Lipinski definition) is 2. The number of nitrogens with one attached hydrogen (secondary N) is 2. The summed E-state index contributed by atoms with van der Waals surface area (Å²) in [5.74, 6) is 0.520. The smallest absolute Gasteiger partial charge is 0.329 e. The lowest BCUT2D eigenvalue weighted by Gasteiger charge is -2.00. The lowest BCUT2D eigenvalue weighted by molar-refractivity contribution is 0.832. The molecule has 0 fully saturated rings. The number of hydrogen-bond acceptors (Lipinski definition) is 3. The minimum atomic E-state index is -0.490. The maximum Gasteiger partial charge on any atom is 0.329 e. The van der Waals surface area contributed by atoms with Crippen LogP contribution in [0.2, 0.25) is 0 Å². The normalized spacial score (nSPS) is 11.2. The minimum absolute atomic E-state index is 0.275. The molecule has 102 valence electrons. The molecule has 0 spiro atoms. The number of halogens is 2. The average molecular weight is 400 g/mol. The van der Waals surface area contributed by atoms with Crippen LogP contribution in [-0.2, 0) is 7.05 Å². The monoisotopic (exact) mass is 398 g/mol. The van der Waals surface area contributed by atoms with Gasteiger partial charge in [-0.1, -0.05) is 15.9 Å². The Hall–Kier alpha value is -1.67. The molecule has 0 aliphatic rings. The summed E-state index contributed by atoms with van der Waals surface area (Å²) in [7, 11) is 1.56. The zero-order valence-electron chi connectivity index (χ0n) is 10.2. The molecule has 8 heteroatoms. The minimum Gasteiger partial charge on any atom is -0.332 e. The zero-order chi connectivity index (χ0) is 14.4. The van der Waals surface area contributed by atoms with Crippen molar-refractivity contribution in [2.75, 3.05) is 0 Å². The van der Waals surface area contributed by atoms with E-state index in [4.69, 9.17) is 0 Å². The fraction of sp³-hybridized carbons (Fsp3) is 0.0833. The first-order chi connectivity index (χ1) is 9.47. The first-order valence-electron chi connectivity index (χ1n) is 5.62. The topological polar surface area (TPSA) is 83.5 Å². The van der Waals surface area contributed by atoms with Gasteiger partial charge in [0, 0.05) is 21.6 Å². The van der Waals surface area contributed by atoms with E-state index in [2.05, 4.69) is 46.8 Å². The quantitative estimate of drug-likeness (QED) is 0.657. The number of fused-ring (bicyclic) bond motifs is 1. The second kappa shape index (κ2) is 4.71. The Morgan fingerprint density at radius 1 is 1.20 bits per heavy atom. The van der Waals surface area contributed by atoms with E-state index in [0.717, 1.165) is 14.5 Å². The molecule has 20 heavy (non-hydrogen) atoms. The molecule has 2 heterocycles. The molecule has 3 aromatic rings. The summed E-state index contributed by atoms with van der Waals surface area (Å²) in [5, 5.41) is 0. The molecule has 3 rings (SSSR count). The van der Waals surface area contributed by atoms with Crippen molar-refractivity contribution in [2.24, 2.45) is 7.05 Å². The molecule has 0 aliphatic heterocycles. The van der Waals surface area contributed by atoms with E-state index < -0.39 is 11.2 Å². The fourth-order valence-corrected chi connectivity index (χ4v) is 3.15. The highest BCUT2D eigenvalue weighted by Gasteiger charge is 2.13. The lowest BCUT2D eigenvalue weighted by atomic mass is 10.2. The summed E-state index contributed by atoms with van der Waals surface area (Å²) in [5.41, 5.74) is 0.433. The number of aryl methyl sites for hydroxylation is 1. The molecule has 2 N–H and O–H groups in total. The highest BCUT2D eigenvalue weighted by Crippen LogP contribution is 2.29. The van der Waals surface area contributed by atoms with Crippen molar-refractivity contribution < 1.29 is 0 Å². The van der Waals surface area contributed by atoms with Crippen LogP contribution in [0.4, 0.5) is 0 Å². The Bertz CT molecular complexity index is 939. The van der Waals surface area contributed by atoms with Crippen LogP contribution in [0.25, 0.3) is 22.6 Å². The van der Waals surface area contributed by atoms with E-state index in [0.29, 0.717) is 11.5 Å². The Kier molecular flexibility index (Phi) is 3.14. The van der Waals surface area contributed by atoms with Crippen molar-refractivity contribution in [3.8, 4) is 11.4 Å². The predicted molar refractivity (Wildman–Crippen MR) is 82.8 cm³/mol. The third-order valence-corrected chi connectivity index (χ3v) is 4.09. The van der Waals surface area contributed by atoms with Crippen LogP contribution < -0.4 is 11.2 Å². The summed E-state index contributed by atoms with van der Waals surface area (Å²) in [6.07, 6.45) is 0. The van der Waals surface area contributed by atoms with Gasteiger partial charge in [0.05, 0.1) is 0 Å². The second-order valence-corrected chi connectivity index (χ2v) is 6.00. The summed E-state index contributed by atoms with van der Waals surface area (Å²) < 4.78 is 3.05. The number of rotatable bonds is 1. The SMILES string of the molecule is Cn1c(=O)[nH]c(=O)c2[nH]c(-c3ccc(Br)cc3Br)nc21. The number of nitrogens with zero attached hydrogens (tertiary/aromatic N) is 2. The molecule has 1 aromatic carbocycles. The van der Waals surface area contributed by atoms with E-state index in [9.17, 15) is 9.59 Å². The van der Waals surface area contributed by atoms with Crippen LogP contribution in [0.3, 0.4) is 0 Å².